The fraction of sp³-hybridized carbons (Fsp3) is 0.900. The summed E-state index contributed by atoms with van der Waals surface area (Å²) in [5.74, 6) is 0. The molecule has 3 N–H and O–H groups in total. The molecule has 1 saturated heterocycles. The zero-order valence-corrected chi connectivity index (χ0v) is 9.75. The zero-order chi connectivity index (χ0) is 11.5. The maximum Gasteiger partial charge on any atom is 0.317 e. The van der Waals surface area contributed by atoms with E-state index in [0.717, 1.165) is 13.0 Å². The Morgan fingerprint density at radius 3 is 2.80 bits per heavy atom. The first kappa shape index (κ1) is 12.3. The molecule has 0 aromatic carbocycles. The van der Waals surface area contributed by atoms with Gasteiger partial charge in [0.2, 0.25) is 0 Å². The van der Waals surface area contributed by atoms with Crippen LogP contribution in [0.4, 0.5) is 4.79 Å². The van der Waals surface area contributed by atoms with E-state index >= 15 is 0 Å². The average molecular weight is 215 g/mol. The third kappa shape index (κ3) is 3.07. The van der Waals surface area contributed by atoms with Crippen LogP contribution in [-0.2, 0) is 4.74 Å². The van der Waals surface area contributed by atoms with Gasteiger partial charge in [-0.1, -0.05) is 0 Å². The first-order valence-corrected chi connectivity index (χ1v) is 5.29. The van der Waals surface area contributed by atoms with Gasteiger partial charge in [-0.05, 0) is 20.3 Å². The molecule has 1 heterocycles. The third-order valence-electron chi connectivity index (χ3n) is 2.97. The van der Waals surface area contributed by atoms with Crippen LogP contribution in [0.5, 0.6) is 0 Å². The molecule has 1 atom stereocenters. The quantitative estimate of drug-likeness (QED) is 0.704. The van der Waals surface area contributed by atoms with Crippen LogP contribution >= 0.6 is 0 Å². The second-order valence-corrected chi connectivity index (χ2v) is 4.59. The summed E-state index contributed by atoms with van der Waals surface area (Å²) in [7, 11) is 1.76. The van der Waals surface area contributed by atoms with E-state index in [1.54, 1.807) is 11.9 Å². The van der Waals surface area contributed by atoms with E-state index in [2.05, 4.69) is 5.32 Å². The highest BCUT2D eigenvalue weighted by atomic mass is 16.5. The van der Waals surface area contributed by atoms with Gasteiger partial charge in [-0.2, -0.15) is 0 Å². The molecule has 0 spiro atoms. The maximum atomic E-state index is 11.8. The van der Waals surface area contributed by atoms with Crippen molar-refractivity contribution in [3.63, 3.8) is 0 Å². The van der Waals surface area contributed by atoms with E-state index in [-0.39, 0.29) is 17.6 Å². The highest BCUT2D eigenvalue weighted by Gasteiger charge is 2.28. The lowest BCUT2D eigenvalue weighted by atomic mass is 10.0. The number of likely N-dealkylation sites (N-methyl/N-ethyl adjacent to an activating group) is 1. The summed E-state index contributed by atoms with van der Waals surface area (Å²) < 4.78 is 5.19. The van der Waals surface area contributed by atoms with Crippen LogP contribution in [0.2, 0.25) is 0 Å². The first-order chi connectivity index (χ1) is 6.97. The number of nitrogens with zero attached hydrogens (tertiary/aromatic N) is 1. The molecular weight excluding hydrogens is 194 g/mol. The summed E-state index contributed by atoms with van der Waals surface area (Å²) in [6.07, 6.45) is 0.892. The number of rotatable bonds is 3. The van der Waals surface area contributed by atoms with Crippen molar-refractivity contribution in [1.82, 2.24) is 10.2 Å². The number of hydrogen-bond acceptors (Lipinski definition) is 3. The van der Waals surface area contributed by atoms with Gasteiger partial charge >= 0.3 is 6.03 Å². The molecule has 0 saturated carbocycles. The van der Waals surface area contributed by atoms with Crippen LogP contribution in [0.25, 0.3) is 0 Å². The van der Waals surface area contributed by atoms with E-state index in [9.17, 15) is 4.79 Å². The second-order valence-electron chi connectivity index (χ2n) is 4.59. The molecule has 0 bridgehead atoms. The molecule has 1 aliphatic heterocycles. The van der Waals surface area contributed by atoms with Gasteiger partial charge in [-0.15, -0.1) is 0 Å². The summed E-state index contributed by atoms with van der Waals surface area (Å²) in [5, 5.41) is 2.93. The lowest BCUT2D eigenvalue weighted by molar-refractivity contribution is 0.152. The standard InChI is InChI=1S/C10H21N3O2/c1-10(2,7-11)13(3)9(14)12-8-4-5-15-6-8/h8H,4-7,11H2,1-3H3,(H,12,14). The van der Waals surface area contributed by atoms with Crippen molar-refractivity contribution in [1.29, 1.82) is 0 Å². The van der Waals surface area contributed by atoms with Crippen LogP contribution in [0.1, 0.15) is 20.3 Å². The molecule has 2 amide bonds. The van der Waals surface area contributed by atoms with Gasteiger partial charge in [0.1, 0.15) is 0 Å². The Kier molecular flexibility index (Phi) is 3.93. The highest BCUT2D eigenvalue weighted by molar-refractivity contribution is 5.75. The Hall–Kier alpha value is -0.810. The summed E-state index contributed by atoms with van der Waals surface area (Å²) in [6.45, 7) is 5.67. The fourth-order valence-electron chi connectivity index (χ4n) is 1.33. The summed E-state index contributed by atoms with van der Waals surface area (Å²) in [5.41, 5.74) is 5.29. The van der Waals surface area contributed by atoms with Gasteiger partial charge < -0.3 is 20.7 Å². The van der Waals surface area contributed by atoms with Gasteiger partial charge in [-0.25, -0.2) is 4.79 Å². The molecule has 0 aromatic rings. The number of amides is 2. The van der Waals surface area contributed by atoms with Crippen LogP contribution in [0.3, 0.4) is 0 Å². The number of nitrogens with one attached hydrogen (secondary N) is 1. The monoisotopic (exact) mass is 215 g/mol. The largest absolute Gasteiger partial charge is 0.379 e. The summed E-state index contributed by atoms with van der Waals surface area (Å²) >= 11 is 0. The number of carbonyl (C=O) groups is 1. The number of carbonyl (C=O) groups excluding carboxylic acids is 1. The highest BCUT2D eigenvalue weighted by Crippen LogP contribution is 2.11. The first-order valence-electron chi connectivity index (χ1n) is 5.29. The van der Waals surface area contributed by atoms with Crippen molar-refractivity contribution in [2.75, 3.05) is 26.8 Å². The van der Waals surface area contributed by atoms with E-state index in [1.165, 1.54) is 0 Å². The second kappa shape index (κ2) is 4.81. The normalized spacial score (nSPS) is 21.5. The predicted octanol–water partition coefficient (Wildman–Crippen LogP) is 0.154. The molecule has 1 unspecified atom stereocenters. The smallest absolute Gasteiger partial charge is 0.317 e. The predicted molar refractivity (Wildman–Crippen MR) is 58.7 cm³/mol. The van der Waals surface area contributed by atoms with Gasteiger partial charge in [0.15, 0.2) is 0 Å². The van der Waals surface area contributed by atoms with E-state index in [0.29, 0.717) is 13.2 Å². The molecule has 15 heavy (non-hydrogen) atoms. The molecule has 88 valence electrons. The minimum Gasteiger partial charge on any atom is -0.379 e. The molecule has 5 nitrogen and oxygen atoms in total. The number of nitrogens with two attached hydrogens (primary N) is 1. The summed E-state index contributed by atoms with van der Waals surface area (Å²) in [6, 6.07) is 0.0643. The Bertz CT molecular complexity index is 225. The lowest BCUT2D eigenvalue weighted by Crippen LogP contribution is -2.55. The summed E-state index contributed by atoms with van der Waals surface area (Å²) in [4.78, 5) is 13.5. The Labute approximate surface area is 90.9 Å². The molecule has 1 fully saturated rings. The SMILES string of the molecule is CN(C(=O)NC1CCOC1)C(C)(C)CN. The van der Waals surface area contributed by atoms with Crippen molar-refractivity contribution in [3.8, 4) is 0 Å². The van der Waals surface area contributed by atoms with E-state index < -0.39 is 0 Å². The van der Waals surface area contributed by atoms with Crippen LogP contribution in [0.15, 0.2) is 0 Å². The van der Waals surface area contributed by atoms with Gasteiger partial charge in [0.05, 0.1) is 18.2 Å². The third-order valence-corrected chi connectivity index (χ3v) is 2.97. The van der Waals surface area contributed by atoms with Crippen molar-refractivity contribution in [2.45, 2.75) is 31.8 Å². The Morgan fingerprint density at radius 1 is 1.67 bits per heavy atom. The molecule has 5 heteroatoms. The molecule has 1 rings (SSSR count). The minimum atomic E-state index is -0.316. The molecular formula is C10H21N3O2. The molecule has 0 aliphatic carbocycles. The number of ether oxygens (including phenoxy) is 1. The minimum absolute atomic E-state index is 0.0825. The lowest BCUT2D eigenvalue weighted by Gasteiger charge is -2.35. The van der Waals surface area contributed by atoms with E-state index in [4.69, 9.17) is 10.5 Å². The Balaban J connectivity index is 2.45. The topological polar surface area (TPSA) is 67.6 Å². The van der Waals surface area contributed by atoms with Crippen LogP contribution in [-0.4, -0.2) is 49.3 Å². The van der Waals surface area contributed by atoms with Gasteiger partial charge in [-0.3, -0.25) is 0 Å². The number of hydrogen-bond donors (Lipinski definition) is 2. The molecule has 0 aromatic heterocycles. The van der Waals surface area contributed by atoms with Crippen molar-refractivity contribution in [3.05, 3.63) is 0 Å². The van der Waals surface area contributed by atoms with Crippen molar-refractivity contribution < 1.29 is 9.53 Å². The molecule has 1 aliphatic rings. The number of urea groups is 1. The van der Waals surface area contributed by atoms with Gasteiger partial charge in [0, 0.05) is 20.2 Å². The zero-order valence-electron chi connectivity index (χ0n) is 9.75. The fourth-order valence-corrected chi connectivity index (χ4v) is 1.33. The Morgan fingerprint density at radius 2 is 2.33 bits per heavy atom. The maximum absolute atomic E-state index is 11.8. The van der Waals surface area contributed by atoms with Crippen molar-refractivity contribution >= 4 is 6.03 Å². The molecule has 0 radical (unpaired) electrons. The average Bonchev–Trinajstić information content (AvgIpc) is 2.69. The van der Waals surface area contributed by atoms with Crippen LogP contribution in [0, 0.1) is 0 Å². The van der Waals surface area contributed by atoms with Crippen molar-refractivity contribution in [2.24, 2.45) is 5.73 Å². The van der Waals surface area contributed by atoms with E-state index in [1.807, 2.05) is 13.8 Å². The van der Waals surface area contributed by atoms with Gasteiger partial charge in [0.25, 0.3) is 0 Å². The van der Waals surface area contributed by atoms with Crippen LogP contribution < -0.4 is 11.1 Å².